The lowest BCUT2D eigenvalue weighted by molar-refractivity contribution is -0.150. The summed E-state index contributed by atoms with van der Waals surface area (Å²) in [4.78, 5) is 35.2. The molecule has 2 rings (SSSR count). The van der Waals surface area contributed by atoms with Crippen LogP contribution in [0.25, 0.3) is 0 Å². The summed E-state index contributed by atoms with van der Waals surface area (Å²) < 4.78 is 10.1. The fraction of sp³-hybridized carbons (Fsp3) is 0.235. The first-order valence-corrected chi connectivity index (χ1v) is 8.07. The van der Waals surface area contributed by atoms with Crippen molar-refractivity contribution >= 4 is 29.1 Å². The Kier molecular flexibility index (Phi) is 6.08. The molecule has 1 aromatic heterocycles. The van der Waals surface area contributed by atoms with E-state index in [4.69, 9.17) is 9.47 Å². The van der Waals surface area contributed by atoms with Crippen molar-refractivity contribution in [3.05, 3.63) is 51.7 Å². The number of rotatable bonds is 6. The Bertz CT molecular complexity index is 739. The molecule has 1 heterocycles. The highest BCUT2D eigenvalue weighted by Crippen LogP contribution is 2.16. The lowest BCUT2D eigenvalue weighted by atomic mass is 10.1. The monoisotopic (exact) mass is 347 g/mol. The van der Waals surface area contributed by atoms with Crippen LogP contribution in [0.1, 0.15) is 20.8 Å². The van der Waals surface area contributed by atoms with Crippen molar-refractivity contribution < 1.29 is 23.9 Å². The number of hydrogen-bond donors (Lipinski definition) is 1. The van der Waals surface area contributed by atoms with Gasteiger partial charge in [-0.25, -0.2) is 4.79 Å². The first kappa shape index (κ1) is 17.7. The molecule has 0 aliphatic rings. The van der Waals surface area contributed by atoms with Gasteiger partial charge in [-0.1, -0.05) is 12.1 Å². The van der Waals surface area contributed by atoms with E-state index in [1.54, 1.807) is 23.6 Å². The van der Waals surface area contributed by atoms with E-state index >= 15 is 0 Å². The summed E-state index contributed by atoms with van der Waals surface area (Å²) in [6, 6.07) is 8.75. The predicted octanol–water partition coefficient (Wildman–Crippen LogP) is 2.24. The van der Waals surface area contributed by atoms with E-state index in [0.29, 0.717) is 10.6 Å². The Morgan fingerprint density at radius 3 is 2.54 bits per heavy atom. The van der Waals surface area contributed by atoms with E-state index in [9.17, 15) is 14.4 Å². The number of benzene rings is 1. The number of carbonyl (C=O) groups is 3. The number of imide groups is 1. The zero-order valence-corrected chi connectivity index (χ0v) is 14.1. The summed E-state index contributed by atoms with van der Waals surface area (Å²) in [5, 5.41) is 3.87. The molecular weight excluding hydrogens is 330 g/mol. The molecule has 0 aliphatic heterocycles. The fourth-order valence-corrected chi connectivity index (χ4v) is 2.38. The minimum Gasteiger partial charge on any atom is -0.482 e. The standard InChI is InChI=1S/C17H17NO5S/c1-11-5-6-13(8-12(11)2)22-10-16(20)23-9-15(19)18-17(21)14-4-3-7-24-14/h3-8H,9-10H2,1-2H3,(H,18,19,21). The maximum absolute atomic E-state index is 11.6. The number of aryl methyl sites for hydroxylation is 2. The molecule has 0 spiro atoms. The highest BCUT2D eigenvalue weighted by atomic mass is 32.1. The van der Waals surface area contributed by atoms with Crippen LogP contribution in [-0.4, -0.2) is 31.0 Å². The van der Waals surface area contributed by atoms with Crippen LogP contribution in [0.3, 0.4) is 0 Å². The molecule has 0 aliphatic carbocycles. The van der Waals surface area contributed by atoms with E-state index in [-0.39, 0.29) is 6.61 Å². The molecule has 0 saturated carbocycles. The number of ether oxygens (including phenoxy) is 2. The van der Waals surface area contributed by atoms with E-state index in [2.05, 4.69) is 5.32 Å². The topological polar surface area (TPSA) is 81.7 Å². The van der Waals surface area contributed by atoms with Gasteiger partial charge in [0.1, 0.15) is 5.75 Å². The van der Waals surface area contributed by atoms with Gasteiger partial charge >= 0.3 is 5.97 Å². The second kappa shape index (κ2) is 8.26. The summed E-state index contributed by atoms with van der Waals surface area (Å²) >= 11 is 1.21. The van der Waals surface area contributed by atoms with Crippen LogP contribution in [0, 0.1) is 13.8 Å². The predicted molar refractivity (Wildman–Crippen MR) is 89.2 cm³/mol. The van der Waals surface area contributed by atoms with Crippen LogP contribution in [0.4, 0.5) is 0 Å². The first-order valence-electron chi connectivity index (χ1n) is 7.19. The third kappa shape index (κ3) is 5.20. The van der Waals surface area contributed by atoms with Crippen LogP contribution in [0.2, 0.25) is 0 Å². The van der Waals surface area contributed by atoms with Crippen molar-refractivity contribution in [2.75, 3.05) is 13.2 Å². The lowest BCUT2D eigenvalue weighted by Crippen LogP contribution is -2.34. The summed E-state index contributed by atoms with van der Waals surface area (Å²) in [6.45, 7) is 3.07. The maximum Gasteiger partial charge on any atom is 0.344 e. The Balaban J connectivity index is 1.71. The van der Waals surface area contributed by atoms with Crippen molar-refractivity contribution in [2.24, 2.45) is 0 Å². The molecule has 6 nitrogen and oxygen atoms in total. The summed E-state index contributed by atoms with van der Waals surface area (Å²) in [5.41, 5.74) is 2.17. The molecule has 2 aromatic rings. The van der Waals surface area contributed by atoms with Crippen molar-refractivity contribution in [3.8, 4) is 5.75 Å². The molecular formula is C17H17NO5S. The van der Waals surface area contributed by atoms with Gasteiger partial charge in [-0.15, -0.1) is 11.3 Å². The molecule has 1 aromatic carbocycles. The van der Waals surface area contributed by atoms with Gasteiger partial charge in [0.25, 0.3) is 11.8 Å². The van der Waals surface area contributed by atoms with Crippen LogP contribution < -0.4 is 10.1 Å². The molecule has 0 atom stereocenters. The van der Waals surface area contributed by atoms with Gasteiger partial charge in [0.05, 0.1) is 4.88 Å². The maximum atomic E-state index is 11.6. The lowest BCUT2D eigenvalue weighted by Gasteiger charge is -2.08. The van der Waals surface area contributed by atoms with Crippen LogP contribution >= 0.6 is 11.3 Å². The Morgan fingerprint density at radius 1 is 1.08 bits per heavy atom. The average Bonchev–Trinajstić information content (AvgIpc) is 3.08. The van der Waals surface area contributed by atoms with Gasteiger partial charge in [0.15, 0.2) is 13.2 Å². The van der Waals surface area contributed by atoms with Crippen molar-refractivity contribution in [2.45, 2.75) is 13.8 Å². The normalized spacial score (nSPS) is 10.1. The van der Waals surface area contributed by atoms with Crippen LogP contribution in [0.15, 0.2) is 35.7 Å². The van der Waals surface area contributed by atoms with Gasteiger partial charge in [-0.05, 0) is 48.6 Å². The number of amides is 2. The first-order chi connectivity index (χ1) is 11.5. The van der Waals surface area contributed by atoms with Gasteiger partial charge in [-0.2, -0.15) is 0 Å². The molecule has 0 fully saturated rings. The quantitative estimate of drug-likeness (QED) is 0.811. The Labute approximate surface area is 143 Å². The van der Waals surface area contributed by atoms with Crippen molar-refractivity contribution in [1.82, 2.24) is 5.32 Å². The van der Waals surface area contributed by atoms with Gasteiger partial charge in [-0.3, -0.25) is 14.9 Å². The number of nitrogens with one attached hydrogen (secondary N) is 1. The number of hydrogen-bond acceptors (Lipinski definition) is 6. The largest absolute Gasteiger partial charge is 0.482 e. The summed E-state index contributed by atoms with van der Waals surface area (Å²) in [7, 11) is 0. The summed E-state index contributed by atoms with van der Waals surface area (Å²) in [5.74, 6) is -1.34. The smallest absolute Gasteiger partial charge is 0.344 e. The van der Waals surface area contributed by atoms with E-state index in [1.807, 2.05) is 26.0 Å². The van der Waals surface area contributed by atoms with Crippen molar-refractivity contribution in [3.63, 3.8) is 0 Å². The summed E-state index contributed by atoms with van der Waals surface area (Å²) in [6.07, 6.45) is 0. The van der Waals surface area contributed by atoms with E-state index in [0.717, 1.165) is 11.1 Å². The zero-order valence-electron chi connectivity index (χ0n) is 13.3. The van der Waals surface area contributed by atoms with Crippen molar-refractivity contribution in [1.29, 1.82) is 0 Å². The SMILES string of the molecule is Cc1ccc(OCC(=O)OCC(=O)NC(=O)c2cccs2)cc1C. The Morgan fingerprint density at radius 2 is 1.88 bits per heavy atom. The van der Waals surface area contributed by atoms with Gasteiger partial charge in [0.2, 0.25) is 0 Å². The molecule has 24 heavy (non-hydrogen) atoms. The molecule has 0 bridgehead atoms. The number of esters is 1. The van der Waals surface area contributed by atoms with Crippen LogP contribution in [0.5, 0.6) is 5.75 Å². The average molecular weight is 347 g/mol. The third-order valence-electron chi connectivity index (χ3n) is 3.20. The fourth-order valence-electron chi connectivity index (χ4n) is 1.77. The zero-order chi connectivity index (χ0) is 17.5. The molecule has 126 valence electrons. The van der Waals surface area contributed by atoms with Gasteiger partial charge in [0, 0.05) is 0 Å². The second-order valence-corrected chi connectivity index (χ2v) is 6.00. The molecule has 1 N–H and O–H groups in total. The highest BCUT2D eigenvalue weighted by Gasteiger charge is 2.13. The minimum absolute atomic E-state index is 0.311. The van der Waals surface area contributed by atoms with E-state index in [1.165, 1.54) is 11.3 Å². The Hall–Kier alpha value is -2.67. The molecule has 0 radical (unpaired) electrons. The molecule has 0 saturated heterocycles. The molecule has 0 unspecified atom stereocenters. The van der Waals surface area contributed by atoms with Gasteiger partial charge < -0.3 is 9.47 Å². The van der Waals surface area contributed by atoms with E-state index < -0.39 is 24.4 Å². The highest BCUT2D eigenvalue weighted by molar-refractivity contribution is 7.12. The number of thiophene rings is 1. The number of carbonyl (C=O) groups excluding carboxylic acids is 3. The molecule has 7 heteroatoms. The minimum atomic E-state index is -0.688. The van der Waals surface area contributed by atoms with Crippen LogP contribution in [-0.2, 0) is 14.3 Å². The molecule has 2 amide bonds. The third-order valence-corrected chi connectivity index (χ3v) is 4.07. The second-order valence-electron chi connectivity index (χ2n) is 5.05.